The Morgan fingerprint density at radius 3 is 2.74 bits per heavy atom. The molecule has 6 nitrogen and oxygen atoms in total. The van der Waals surface area contributed by atoms with E-state index >= 15 is 0 Å². The van der Waals surface area contributed by atoms with E-state index in [2.05, 4.69) is 20.6 Å². The minimum absolute atomic E-state index is 0.166. The molecular weight excluding hydrogens is 292 g/mol. The fourth-order valence-electron chi connectivity index (χ4n) is 2.83. The average Bonchev–Trinajstić information content (AvgIpc) is 2.58. The molecular formula is C17H20N4O2. The molecule has 0 aromatic carbocycles. The van der Waals surface area contributed by atoms with E-state index in [4.69, 9.17) is 0 Å². The Kier molecular flexibility index (Phi) is 4.52. The topological polar surface area (TPSA) is 87.1 Å². The number of aromatic nitrogens is 2. The highest BCUT2D eigenvalue weighted by atomic mass is 16.3. The predicted molar refractivity (Wildman–Crippen MR) is 87.0 cm³/mol. The first-order chi connectivity index (χ1) is 11.2. The molecule has 1 unspecified atom stereocenters. The summed E-state index contributed by atoms with van der Waals surface area (Å²) < 4.78 is 0. The molecule has 3 rings (SSSR count). The smallest absolute Gasteiger partial charge is 0.252 e. The van der Waals surface area contributed by atoms with Gasteiger partial charge >= 0.3 is 0 Å². The number of anilines is 1. The van der Waals surface area contributed by atoms with Crippen molar-refractivity contribution in [2.24, 2.45) is 5.92 Å². The van der Waals surface area contributed by atoms with Crippen molar-refractivity contribution in [1.29, 1.82) is 0 Å². The van der Waals surface area contributed by atoms with E-state index in [9.17, 15) is 9.90 Å². The van der Waals surface area contributed by atoms with Gasteiger partial charge in [-0.15, -0.1) is 0 Å². The fourth-order valence-corrected chi connectivity index (χ4v) is 2.83. The van der Waals surface area contributed by atoms with Crippen LogP contribution in [0.5, 0.6) is 0 Å². The van der Waals surface area contributed by atoms with Gasteiger partial charge in [0.1, 0.15) is 5.82 Å². The van der Waals surface area contributed by atoms with Crippen molar-refractivity contribution in [3.05, 3.63) is 54.0 Å². The molecule has 1 aliphatic rings. The maximum absolute atomic E-state index is 12.6. The van der Waals surface area contributed by atoms with Gasteiger partial charge in [0.15, 0.2) is 0 Å². The van der Waals surface area contributed by atoms with Crippen LogP contribution in [0.4, 0.5) is 5.82 Å². The van der Waals surface area contributed by atoms with Gasteiger partial charge in [-0.1, -0.05) is 6.07 Å². The van der Waals surface area contributed by atoms with Gasteiger partial charge in [-0.3, -0.25) is 9.78 Å². The lowest BCUT2D eigenvalue weighted by Gasteiger charge is -2.37. The normalized spacial score (nSPS) is 21.1. The van der Waals surface area contributed by atoms with Crippen molar-refractivity contribution in [1.82, 2.24) is 15.3 Å². The molecule has 1 aliphatic carbocycles. The van der Waals surface area contributed by atoms with Gasteiger partial charge in [0, 0.05) is 25.0 Å². The Morgan fingerprint density at radius 1 is 1.26 bits per heavy atom. The van der Waals surface area contributed by atoms with Crippen molar-refractivity contribution >= 4 is 11.7 Å². The number of hydrogen-bond donors (Lipinski definition) is 3. The second-order valence-corrected chi connectivity index (χ2v) is 5.77. The van der Waals surface area contributed by atoms with Crippen molar-refractivity contribution in [3.8, 4) is 0 Å². The lowest BCUT2D eigenvalue weighted by atomic mass is 9.76. The van der Waals surface area contributed by atoms with E-state index in [1.165, 1.54) is 0 Å². The van der Waals surface area contributed by atoms with Crippen LogP contribution in [0.1, 0.15) is 34.9 Å². The van der Waals surface area contributed by atoms with Crippen LogP contribution in [0, 0.1) is 5.92 Å². The Bertz CT molecular complexity index is 671. The molecule has 2 aromatic rings. The number of rotatable bonds is 5. The van der Waals surface area contributed by atoms with Crippen LogP contribution in [0.25, 0.3) is 0 Å². The number of carbonyl (C=O) groups excluding carboxylic acids is 1. The number of pyridine rings is 2. The first kappa shape index (κ1) is 15.4. The Morgan fingerprint density at radius 2 is 2.09 bits per heavy atom. The van der Waals surface area contributed by atoms with E-state index in [1.807, 2.05) is 18.2 Å². The van der Waals surface area contributed by atoms with E-state index in [1.54, 1.807) is 31.6 Å². The lowest BCUT2D eigenvalue weighted by Crippen LogP contribution is -2.41. The highest BCUT2D eigenvalue weighted by molar-refractivity contribution is 5.95. The molecule has 3 N–H and O–H groups in total. The molecule has 6 heteroatoms. The van der Waals surface area contributed by atoms with E-state index in [0.29, 0.717) is 24.2 Å². The SMILES string of the molecule is CNc1cc(C(=O)NC(c2ccccn2)C2CC(O)C2)ccn1. The predicted octanol–water partition coefficient (Wildman–Crippen LogP) is 1.76. The van der Waals surface area contributed by atoms with Crippen LogP contribution in [0.3, 0.4) is 0 Å². The highest BCUT2D eigenvalue weighted by Crippen LogP contribution is 2.37. The first-order valence-electron chi connectivity index (χ1n) is 7.71. The summed E-state index contributed by atoms with van der Waals surface area (Å²) in [5, 5.41) is 15.6. The number of carbonyl (C=O) groups is 1. The number of hydrogen-bond acceptors (Lipinski definition) is 5. The molecule has 1 atom stereocenters. The molecule has 0 aliphatic heterocycles. The maximum atomic E-state index is 12.6. The maximum Gasteiger partial charge on any atom is 0.252 e. The largest absolute Gasteiger partial charge is 0.393 e. The zero-order valence-electron chi connectivity index (χ0n) is 12.9. The van der Waals surface area contributed by atoms with Crippen molar-refractivity contribution in [2.45, 2.75) is 25.0 Å². The molecule has 0 bridgehead atoms. The molecule has 0 radical (unpaired) electrons. The summed E-state index contributed by atoms with van der Waals surface area (Å²) in [6, 6.07) is 8.85. The van der Waals surface area contributed by atoms with Crippen molar-refractivity contribution in [3.63, 3.8) is 0 Å². The molecule has 2 heterocycles. The molecule has 1 fully saturated rings. The molecule has 23 heavy (non-hydrogen) atoms. The van der Waals surface area contributed by atoms with Gasteiger partial charge in [0.25, 0.3) is 5.91 Å². The molecule has 1 amide bonds. The number of nitrogens with one attached hydrogen (secondary N) is 2. The summed E-state index contributed by atoms with van der Waals surface area (Å²) in [4.78, 5) is 21.0. The van der Waals surface area contributed by atoms with Crippen LogP contribution in [0.2, 0.25) is 0 Å². The second kappa shape index (κ2) is 6.75. The van der Waals surface area contributed by atoms with E-state index < -0.39 is 0 Å². The average molecular weight is 312 g/mol. The standard InChI is InChI=1S/C17H20N4O2/c1-18-15-10-11(5-7-20-15)17(23)21-16(12-8-13(22)9-12)14-4-2-3-6-19-14/h2-7,10,12-13,16,22H,8-9H2,1H3,(H,18,20)(H,21,23). The molecule has 2 aromatic heterocycles. The van der Waals surface area contributed by atoms with E-state index in [-0.39, 0.29) is 24.0 Å². The van der Waals surface area contributed by atoms with Crippen molar-refractivity contribution < 1.29 is 9.90 Å². The van der Waals surface area contributed by atoms with Gasteiger partial charge in [-0.2, -0.15) is 0 Å². The Hall–Kier alpha value is -2.47. The quantitative estimate of drug-likeness (QED) is 0.783. The van der Waals surface area contributed by atoms with Gasteiger partial charge < -0.3 is 15.7 Å². The number of nitrogens with zero attached hydrogens (tertiary/aromatic N) is 2. The summed E-state index contributed by atoms with van der Waals surface area (Å²) in [6.07, 6.45) is 4.40. The lowest BCUT2D eigenvalue weighted by molar-refractivity contribution is 0.0228. The fraction of sp³-hybridized carbons (Fsp3) is 0.353. The third-order valence-corrected chi connectivity index (χ3v) is 4.19. The monoisotopic (exact) mass is 312 g/mol. The van der Waals surface area contributed by atoms with E-state index in [0.717, 1.165) is 5.69 Å². The minimum Gasteiger partial charge on any atom is -0.393 e. The van der Waals surface area contributed by atoms with Crippen LogP contribution < -0.4 is 10.6 Å². The Labute approximate surface area is 135 Å². The van der Waals surface area contributed by atoms with Gasteiger partial charge in [-0.05, 0) is 43.0 Å². The van der Waals surface area contributed by atoms with Crippen LogP contribution in [-0.4, -0.2) is 34.1 Å². The van der Waals surface area contributed by atoms with Gasteiger partial charge in [-0.25, -0.2) is 4.98 Å². The summed E-state index contributed by atoms with van der Waals surface area (Å²) in [7, 11) is 1.76. The number of amides is 1. The van der Waals surface area contributed by atoms with Crippen LogP contribution in [0.15, 0.2) is 42.7 Å². The third-order valence-electron chi connectivity index (χ3n) is 4.19. The molecule has 120 valence electrons. The molecule has 1 saturated carbocycles. The van der Waals surface area contributed by atoms with Crippen LogP contribution >= 0.6 is 0 Å². The Balaban J connectivity index is 1.79. The minimum atomic E-state index is -0.278. The first-order valence-corrected chi connectivity index (χ1v) is 7.71. The summed E-state index contributed by atoms with van der Waals surface area (Å²) >= 11 is 0. The number of aliphatic hydroxyl groups excluding tert-OH is 1. The van der Waals surface area contributed by atoms with Gasteiger partial charge in [0.2, 0.25) is 0 Å². The zero-order valence-corrected chi connectivity index (χ0v) is 12.9. The summed E-state index contributed by atoms with van der Waals surface area (Å²) in [5.74, 6) is 0.682. The van der Waals surface area contributed by atoms with Gasteiger partial charge in [0.05, 0.1) is 17.8 Å². The zero-order chi connectivity index (χ0) is 16.2. The third kappa shape index (κ3) is 3.48. The number of aliphatic hydroxyl groups is 1. The second-order valence-electron chi connectivity index (χ2n) is 5.77. The molecule has 0 spiro atoms. The molecule has 0 saturated heterocycles. The van der Waals surface area contributed by atoms with Crippen molar-refractivity contribution in [2.75, 3.05) is 12.4 Å². The van der Waals surface area contributed by atoms with Crippen LogP contribution in [-0.2, 0) is 0 Å². The summed E-state index contributed by atoms with van der Waals surface area (Å²) in [6.45, 7) is 0. The summed E-state index contributed by atoms with van der Waals surface area (Å²) in [5.41, 5.74) is 1.37. The highest BCUT2D eigenvalue weighted by Gasteiger charge is 2.36.